The largest absolute Gasteiger partial charge is 0.493 e. The molecule has 0 saturated heterocycles. The van der Waals surface area contributed by atoms with Crippen LogP contribution >= 0.6 is 11.6 Å². The van der Waals surface area contributed by atoms with Gasteiger partial charge >= 0.3 is 5.97 Å². The molecule has 1 unspecified atom stereocenters. The molecule has 1 atom stereocenters. The van der Waals surface area contributed by atoms with Crippen molar-refractivity contribution in [1.82, 2.24) is 0 Å². The minimum absolute atomic E-state index is 0.264. The van der Waals surface area contributed by atoms with Crippen LogP contribution in [0.3, 0.4) is 0 Å². The van der Waals surface area contributed by atoms with Crippen LogP contribution in [0.25, 0.3) is 0 Å². The first-order valence-electron chi connectivity index (χ1n) is 8.02. The Morgan fingerprint density at radius 1 is 1.12 bits per heavy atom. The highest BCUT2D eigenvalue weighted by molar-refractivity contribution is 6.30. The number of amides is 1. The third-order valence-corrected chi connectivity index (χ3v) is 3.72. The summed E-state index contributed by atoms with van der Waals surface area (Å²) < 4.78 is 15.8. The Morgan fingerprint density at radius 2 is 1.81 bits per heavy atom. The highest BCUT2D eigenvalue weighted by Crippen LogP contribution is 2.28. The second kappa shape index (κ2) is 9.10. The SMILES string of the molecule is CCOc1cc(C(=O)OC(C)C(=O)Nc2ccc(Cl)cc2)ccc1OC. The van der Waals surface area contributed by atoms with Crippen molar-refractivity contribution >= 4 is 29.2 Å². The van der Waals surface area contributed by atoms with E-state index in [0.29, 0.717) is 28.8 Å². The molecular formula is C19H20ClNO5. The zero-order chi connectivity index (χ0) is 19.1. The number of rotatable bonds is 7. The molecule has 0 heterocycles. The molecule has 2 aromatic carbocycles. The summed E-state index contributed by atoms with van der Waals surface area (Å²) >= 11 is 5.80. The Balaban J connectivity index is 2.02. The van der Waals surface area contributed by atoms with Crippen molar-refractivity contribution in [3.63, 3.8) is 0 Å². The number of esters is 1. The smallest absolute Gasteiger partial charge is 0.339 e. The highest BCUT2D eigenvalue weighted by Gasteiger charge is 2.20. The predicted molar refractivity (Wildman–Crippen MR) is 99.1 cm³/mol. The fourth-order valence-corrected chi connectivity index (χ4v) is 2.26. The molecule has 138 valence electrons. The van der Waals surface area contributed by atoms with Gasteiger partial charge in [-0.3, -0.25) is 4.79 Å². The van der Waals surface area contributed by atoms with Crippen LogP contribution in [0, 0.1) is 0 Å². The fraction of sp³-hybridized carbons (Fsp3) is 0.263. The van der Waals surface area contributed by atoms with Gasteiger partial charge < -0.3 is 19.5 Å². The first kappa shape index (κ1) is 19.6. The van der Waals surface area contributed by atoms with Crippen LogP contribution < -0.4 is 14.8 Å². The maximum absolute atomic E-state index is 12.3. The summed E-state index contributed by atoms with van der Waals surface area (Å²) in [5, 5.41) is 3.22. The third-order valence-electron chi connectivity index (χ3n) is 3.46. The van der Waals surface area contributed by atoms with E-state index in [1.165, 1.54) is 20.1 Å². The minimum atomic E-state index is -0.976. The number of hydrogen-bond donors (Lipinski definition) is 1. The molecule has 0 bridgehead atoms. The molecular weight excluding hydrogens is 358 g/mol. The van der Waals surface area contributed by atoms with Crippen molar-refractivity contribution in [2.75, 3.05) is 19.0 Å². The van der Waals surface area contributed by atoms with Gasteiger partial charge in [0.2, 0.25) is 0 Å². The Bertz CT molecular complexity index is 776. The Labute approximate surface area is 157 Å². The molecule has 0 aliphatic carbocycles. The van der Waals surface area contributed by atoms with Gasteiger partial charge in [-0.15, -0.1) is 0 Å². The number of methoxy groups -OCH3 is 1. The summed E-state index contributed by atoms with van der Waals surface area (Å²) in [4.78, 5) is 24.5. The number of nitrogens with one attached hydrogen (secondary N) is 1. The first-order valence-corrected chi connectivity index (χ1v) is 8.40. The Morgan fingerprint density at radius 3 is 2.42 bits per heavy atom. The van der Waals surface area contributed by atoms with E-state index >= 15 is 0 Å². The van der Waals surface area contributed by atoms with Gasteiger partial charge in [0, 0.05) is 10.7 Å². The van der Waals surface area contributed by atoms with Crippen molar-refractivity contribution < 1.29 is 23.8 Å². The van der Waals surface area contributed by atoms with Crippen molar-refractivity contribution in [1.29, 1.82) is 0 Å². The molecule has 0 aliphatic heterocycles. The first-order chi connectivity index (χ1) is 12.4. The predicted octanol–water partition coefficient (Wildman–Crippen LogP) is 3.93. The van der Waals surface area contributed by atoms with Crippen molar-refractivity contribution in [2.24, 2.45) is 0 Å². The molecule has 2 rings (SSSR count). The molecule has 0 radical (unpaired) electrons. The average molecular weight is 378 g/mol. The number of carbonyl (C=O) groups is 2. The molecule has 0 aromatic heterocycles. The van der Waals surface area contributed by atoms with Gasteiger partial charge in [-0.1, -0.05) is 11.6 Å². The van der Waals surface area contributed by atoms with Crippen molar-refractivity contribution in [3.05, 3.63) is 53.1 Å². The van der Waals surface area contributed by atoms with Gasteiger partial charge in [0.05, 0.1) is 19.3 Å². The van der Waals surface area contributed by atoms with Crippen LogP contribution in [0.5, 0.6) is 11.5 Å². The summed E-state index contributed by atoms with van der Waals surface area (Å²) in [7, 11) is 1.51. The van der Waals surface area contributed by atoms with Crippen molar-refractivity contribution in [3.8, 4) is 11.5 Å². The molecule has 0 aliphatic rings. The van der Waals surface area contributed by atoms with Gasteiger partial charge in [-0.25, -0.2) is 4.79 Å². The number of ether oxygens (including phenoxy) is 3. The topological polar surface area (TPSA) is 73.9 Å². The van der Waals surface area contributed by atoms with E-state index in [2.05, 4.69) is 5.32 Å². The Hall–Kier alpha value is -2.73. The van der Waals surface area contributed by atoms with Crippen molar-refractivity contribution in [2.45, 2.75) is 20.0 Å². The van der Waals surface area contributed by atoms with Gasteiger partial charge in [0.15, 0.2) is 17.6 Å². The molecule has 7 heteroatoms. The number of halogens is 1. The highest BCUT2D eigenvalue weighted by atomic mass is 35.5. The quantitative estimate of drug-likeness (QED) is 0.740. The van der Waals surface area contributed by atoms with E-state index in [9.17, 15) is 9.59 Å². The molecule has 26 heavy (non-hydrogen) atoms. The molecule has 6 nitrogen and oxygen atoms in total. The van der Waals surface area contributed by atoms with Crippen LogP contribution in [-0.2, 0) is 9.53 Å². The zero-order valence-corrected chi connectivity index (χ0v) is 15.5. The summed E-state index contributed by atoms with van der Waals surface area (Å²) in [5.74, 6) is -0.133. The Kier molecular flexibility index (Phi) is 6.86. The average Bonchev–Trinajstić information content (AvgIpc) is 2.63. The fourth-order valence-electron chi connectivity index (χ4n) is 2.13. The molecule has 1 N–H and O–H groups in total. The van der Waals surface area contributed by atoms with Crippen LogP contribution in [0.15, 0.2) is 42.5 Å². The lowest BCUT2D eigenvalue weighted by Crippen LogP contribution is -2.30. The summed E-state index contributed by atoms with van der Waals surface area (Å²) in [6.45, 7) is 3.75. The lowest BCUT2D eigenvalue weighted by atomic mass is 10.2. The lowest BCUT2D eigenvalue weighted by molar-refractivity contribution is -0.123. The van der Waals surface area contributed by atoms with Crippen LogP contribution in [0.2, 0.25) is 5.02 Å². The zero-order valence-electron chi connectivity index (χ0n) is 14.7. The summed E-state index contributed by atoms with van der Waals surface area (Å²) in [6, 6.07) is 11.3. The second-order valence-corrected chi connectivity index (χ2v) is 5.78. The number of carbonyl (C=O) groups excluding carboxylic acids is 2. The maximum Gasteiger partial charge on any atom is 0.339 e. The monoisotopic (exact) mass is 377 g/mol. The van der Waals surface area contributed by atoms with E-state index in [-0.39, 0.29) is 5.56 Å². The number of benzene rings is 2. The molecule has 2 aromatic rings. The van der Waals surface area contributed by atoms with Crippen LogP contribution in [-0.4, -0.2) is 31.7 Å². The van der Waals surface area contributed by atoms with Gasteiger partial charge in [-0.2, -0.15) is 0 Å². The van der Waals surface area contributed by atoms with Gasteiger partial charge in [0.25, 0.3) is 5.91 Å². The number of hydrogen-bond acceptors (Lipinski definition) is 5. The van der Waals surface area contributed by atoms with E-state index in [1.54, 1.807) is 36.4 Å². The van der Waals surface area contributed by atoms with Gasteiger partial charge in [-0.05, 0) is 56.3 Å². The van der Waals surface area contributed by atoms with E-state index in [1.807, 2.05) is 6.92 Å². The third kappa shape index (κ3) is 5.13. The van der Waals surface area contributed by atoms with E-state index in [4.69, 9.17) is 25.8 Å². The van der Waals surface area contributed by atoms with Crippen LogP contribution in [0.4, 0.5) is 5.69 Å². The summed E-state index contributed by atoms with van der Waals surface area (Å²) in [6.07, 6.45) is -0.976. The molecule has 0 fully saturated rings. The standard InChI is InChI=1S/C19H20ClNO5/c1-4-25-17-11-13(5-10-16(17)24-3)19(23)26-12(2)18(22)21-15-8-6-14(20)7-9-15/h5-12H,4H2,1-3H3,(H,21,22). The maximum atomic E-state index is 12.3. The van der Waals surface area contributed by atoms with Crippen LogP contribution in [0.1, 0.15) is 24.2 Å². The van der Waals surface area contributed by atoms with E-state index in [0.717, 1.165) is 0 Å². The second-order valence-electron chi connectivity index (χ2n) is 5.34. The molecule has 1 amide bonds. The normalized spacial score (nSPS) is 11.4. The summed E-state index contributed by atoms with van der Waals surface area (Å²) in [5.41, 5.74) is 0.825. The van der Waals surface area contributed by atoms with E-state index < -0.39 is 18.0 Å². The minimum Gasteiger partial charge on any atom is -0.493 e. The molecule has 0 spiro atoms. The van der Waals surface area contributed by atoms with Gasteiger partial charge in [0.1, 0.15) is 0 Å². The number of anilines is 1. The lowest BCUT2D eigenvalue weighted by Gasteiger charge is -2.15. The molecule has 0 saturated carbocycles.